The maximum atomic E-state index is 5.70. The van der Waals surface area contributed by atoms with E-state index in [1.54, 1.807) is 16.0 Å². The van der Waals surface area contributed by atoms with Crippen molar-refractivity contribution in [3.8, 4) is 10.8 Å². The van der Waals surface area contributed by atoms with E-state index in [2.05, 4.69) is 65.6 Å². The van der Waals surface area contributed by atoms with Crippen molar-refractivity contribution in [2.24, 2.45) is 0 Å². The van der Waals surface area contributed by atoms with Crippen molar-refractivity contribution in [3.63, 3.8) is 0 Å². The van der Waals surface area contributed by atoms with Gasteiger partial charge in [0, 0.05) is 0 Å². The number of aromatic nitrogens is 2. The molecular weight excluding hydrogens is 374 g/mol. The molecular formula is C21H19N3OS2. The van der Waals surface area contributed by atoms with E-state index in [1.165, 1.54) is 11.1 Å². The summed E-state index contributed by atoms with van der Waals surface area (Å²) in [6.45, 7) is 0.530. The lowest BCUT2D eigenvalue weighted by molar-refractivity contribution is 0.205. The number of rotatable bonds is 6. The third-order valence-corrected chi connectivity index (χ3v) is 5.52. The van der Waals surface area contributed by atoms with E-state index in [4.69, 9.17) is 16.6 Å². The second kappa shape index (κ2) is 8.00. The monoisotopic (exact) mass is 393 g/mol. The molecule has 6 heteroatoms. The largest absolute Gasteiger partial charge is 0.408 e. The molecule has 0 aliphatic rings. The van der Waals surface area contributed by atoms with Crippen LogP contribution in [0.1, 0.15) is 17.2 Å². The van der Waals surface area contributed by atoms with E-state index >= 15 is 0 Å². The molecule has 136 valence electrons. The molecule has 0 saturated carbocycles. The first kappa shape index (κ1) is 17.9. The lowest BCUT2D eigenvalue weighted by Crippen LogP contribution is -2.28. The standard InChI is InChI=1S/C21H19N3OS2/c1-23(15-24-21(26)25-20(22-24)18-13-8-14-27-18)19(16-9-4-2-5-10-16)17-11-6-3-7-12-17/h2-14,19H,15H2,1H3. The summed E-state index contributed by atoms with van der Waals surface area (Å²) >= 11 is 6.98. The topological polar surface area (TPSA) is 34.2 Å². The number of thiophene rings is 1. The van der Waals surface area contributed by atoms with Crippen LogP contribution < -0.4 is 0 Å². The third kappa shape index (κ3) is 3.93. The Balaban J connectivity index is 1.65. The van der Waals surface area contributed by atoms with Crippen molar-refractivity contribution in [2.75, 3.05) is 7.05 Å². The normalized spacial score (nSPS) is 11.4. The molecule has 2 aromatic carbocycles. The highest BCUT2D eigenvalue weighted by molar-refractivity contribution is 7.71. The SMILES string of the molecule is CN(Cn1nc(-c2cccs2)oc1=S)C(c1ccccc1)c1ccccc1. The van der Waals surface area contributed by atoms with Crippen LogP contribution >= 0.6 is 23.6 Å². The number of hydrogen-bond acceptors (Lipinski definition) is 5. The summed E-state index contributed by atoms with van der Waals surface area (Å²) in [4.78, 5) is 3.58. The first-order valence-electron chi connectivity index (χ1n) is 8.64. The molecule has 0 bridgehead atoms. The van der Waals surface area contributed by atoms with E-state index in [0.29, 0.717) is 17.4 Å². The third-order valence-electron chi connectivity index (χ3n) is 4.37. The molecule has 2 heterocycles. The molecule has 2 aromatic heterocycles. The predicted octanol–water partition coefficient (Wildman–Crippen LogP) is 5.61. The Kier molecular flexibility index (Phi) is 5.29. The van der Waals surface area contributed by atoms with Crippen LogP contribution in [0.4, 0.5) is 0 Å². The van der Waals surface area contributed by atoms with Crippen LogP contribution in [0.2, 0.25) is 0 Å². The zero-order valence-electron chi connectivity index (χ0n) is 14.9. The minimum Gasteiger partial charge on any atom is -0.408 e. The van der Waals surface area contributed by atoms with E-state index in [9.17, 15) is 0 Å². The highest BCUT2D eigenvalue weighted by Gasteiger charge is 2.20. The van der Waals surface area contributed by atoms with Crippen molar-refractivity contribution < 1.29 is 4.42 Å². The molecule has 0 aliphatic carbocycles. The molecule has 0 saturated heterocycles. The Bertz CT molecular complexity index is 1000. The fraction of sp³-hybridized carbons (Fsp3) is 0.143. The van der Waals surface area contributed by atoms with E-state index in [1.807, 2.05) is 29.6 Å². The molecule has 0 radical (unpaired) electrons. The summed E-state index contributed by atoms with van der Waals surface area (Å²) in [5.41, 5.74) is 2.44. The molecule has 0 fully saturated rings. The van der Waals surface area contributed by atoms with Gasteiger partial charge in [0.2, 0.25) is 0 Å². The Morgan fingerprint density at radius 1 is 1.00 bits per heavy atom. The number of benzene rings is 2. The molecule has 27 heavy (non-hydrogen) atoms. The molecule has 0 spiro atoms. The second-order valence-electron chi connectivity index (χ2n) is 6.27. The first-order valence-corrected chi connectivity index (χ1v) is 9.93. The summed E-state index contributed by atoms with van der Waals surface area (Å²) in [6.07, 6.45) is 0. The lowest BCUT2D eigenvalue weighted by Gasteiger charge is -2.28. The van der Waals surface area contributed by atoms with E-state index in [-0.39, 0.29) is 6.04 Å². The van der Waals surface area contributed by atoms with Crippen molar-refractivity contribution in [1.29, 1.82) is 0 Å². The van der Waals surface area contributed by atoms with Crippen molar-refractivity contribution in [2.45, 2.75) is 12.7 Å². The van der Waals surface area contributed by atoms with Gasteiger partial charge in [0.05, 0.1) is 17.6 Å². The van der Waals surface area contributed by atoms with E-state index in [0.717, 1.165) is 4.88 Å². The zero-order valence-corrected chi connectivity index (χ0v) is 16.5. The van der Waals surface area contributed by atoms with Gasteiger partial charge in [-0.05, 0) is 41.8 Å². The summed E-state index contributed by atoms with van der Waals surface area (Å²) in [7, 11) is 2.08. The summed E-state index contributed by atoms with van der Waals surface area (Å²) in [5.74, 6) is 0.569. The average molecular weight is 394 g/mol. The van der Waals surface area contributed by atoms with Gasteiger partial charge in [-0.15, -0.1) is 16.4 Å². The van der Waals surface area contributed by atoms with Crippen LogP contribution in [-0.2, 0) is 6.67 Å². The molecule has 0 atom stereocenters. The van der Waals surface area contributed by atoms with Gasteiger partial charge < -0.3 is 4.42 Å². The summed E-state index contributed by atoms with van der Waals surface area (Å²) in [5, 5.41) is 6.58. The maximum Gasteiger partial charge on any atom is 0.288 e. The minimum atomic E-state index is 0.0937. The molecule has 0 amide bonds. The number of nitrogens with zero attached hydrogens (tertiary/aromatic N) is 3. The highest BCUT2D eigenvalue weighted by Crippen LogP contribution is 2.28. The highest BCUT2D eigenvalue weighted by atomic mass is 32.1. The van der Waals surface area contributed by atoms with Crippen LogP contribution in [0.5, 0.6) is 0 Å². The van der Waals surface area contributed by atoms with Gasteiger partial charge in [-0.1, -0.05) is 66.7 Å². The van der Waals surface area contributed by atoms with E-state index < -0.39 is 0 Å². The molecule has 4 nitrogen and oxygen atoms in total. The van der Waals surface area contributed by atoms with Crippen molar-refractivity contribution in [1.82, 2.24) is 14.7 Å². The zero-order chi connectivity index (χ0) is 18.6. The van der Waals surface area contributed by atoms with Gasteiger partial charge in [0.1, 0.15) is 0 Å². The Morgan fingerprint density at radius 3 is 2.19 bits per heavy atom. The van der Waals surface area contributed by atoms with Gasteiger partial charge in [-0.25, -0.2) is 4.68 Å². The molecule has 0 unspecified atom stereocenters. The van der Waals surface area contributed by atoms with Gasteiger partial charge in [-0.2, -0.15) is 0 Å². The van der Waals surface area contributed by atoms with Crippen LogP contribution in [0, 0.1) is 4.84 Å². The van der Waals surface area contributed by atoms with Crippen LogP contribution in [0.25, 0.3) is 10.8 Å². The maximum absolute atomic E-state index is 5.70. The van der Waals surface area contributed by atoms with Crippen LogP contribution in [0.15, 0.2) is 82.6 Å². The molecule has 0 N–H and O–H groups in total. The summed E-state index contributed by atoms with van der Waals surface area (Å²) < 4.78 is 7.44. The van der Waals surface area contributed by atoms with Crippen molar-refractivity contribution in [3.05, 3.63) is 94.1 Å². The Hall–Kier alpha value is -2.54. The minimum absolute atomic E-state index is 0.0937. The fourth-order valence-corrected chi connectivity index (χ4v) is 3.98. The number of hydrogen-bond donors (Lipinski definition) is 0. The van der Waals surface area contributed by atoms with Crippen LogP contribution in [-0.4, -0.2) is 21.7 Å². The van der Waals surface area contributed by atoms with Crippen LogP contribution in [0.3, 0.4) is 0 Å². The molecule has 4 rings (SSSR count). The van der Waals surface area contributed by atoms with Gasteiger partial charge in [0.25, 0.3) is 10.7 Å². The first-order chi connectivity index (χ1) is 13.2. The average Bonchev–Trinajstić information content (AvgIpc) is 3.34. The summed E-state index contributed by atoms with van der Waals surface area (Å²) in [6, 6.07) is 25.0. The Labute approximate surface area is 167 Å². The Morgan fingerprint density at radius 2 is 1.63 bits per heavy atom. The lowest BCUT2D eigenvalue weighted by atomic mass is 9.98. The van der Waals surface area contributed by atoms with Gasteiger partial charge >= 0.3 is 0 Å². The van der Waals surface area contributed by atoms with Crippen molar-refractivity contribution >= 4 is 23.6 Å². The van der Waals surface area contributed by atoms with Gasteiger partial charge in [-0.3, -0.25) is 4.90 Å². The van der Waals surface area contributed by atoms with Gasteiger partial charge in [0.15, 0.2) is 0 Å². The second-order valence-corrected chi connectivity index (χ2v) is 7.57. The quantitative estimate of drug-likeness (QED) is 0.399. The predicted molar refractivity (Wildman–Crippen MR) is 111 cm³/mol. The molecule has 0 aliphatic heterocycles. The fourth-order valence-electron chi connectivity index (χ4n) is 3.16. The smallest absolute Gasteiger partial charge is 0.288 e. The molecule has 4 aromatic rings.